The van der Waals surface area contributed by atoms with Crippen LogP contribution in [0, 0.1) is 5.82 Å². The number of rotatable bonds is 6. The molecule has 1 N–H and O–H groups in total. The zero-order chi connectivity index (χ0) is 20.5. The molecule has 0 amide bonds. The van der Waals surface area contributed by atoms with Crippen molar-refractivity contribution in [1.29, 1.82) is 0 Å². The molecule has 0 atom stereocenters. The Labute approximate surface area is 162 Å². The quantitative estimate of drug-likeness (QED) is 0.515. The first-order valence-electron chi connectivity index (χ1n) is 8.59. The molecule has 3 aromatic heterocycles. The van der Waals surface area contributed by atoms with Crippen molar-refractivity contribution in [2.45, 2.75) is 19.6 Å². The van der Waals surface area contributed by atoms with E-state index in [9.17, 15) is 14.0 Å². The number of aromatic nitrogens is 6. The van der Waals surface area contributed by atoms with Crippen molar-refractivity contribution < 1.29 is 19.0 Å². The van der Waals surface area contributed by atoms with E-state index < -0.39 is 11.5 Å². The second-order valence-corrected chi connectivity index (χ2v) is 6.26. The lowest BCUT2D eigenvalue weighted by atomic mass is 10.1. The average Bonchev–Trinajstić information content (AvgIpc) is 3.07. The molecule has 1 aromatic carbocycles. The van der Waals surface area contributed by atoms with Gasteiger partial charge in [0.15, 0.2) is 16.8 Å². The maximum atomic E-state index is 13.3. The number of benzene rings is 1. The molecule has 0 aliphatic heterocycles. The van der Waals surface area contributed by atoms with Crippen molar-refractivity contribution in [2.24, 2.45) is 0 Å². The molecule has 10 nitrogen and oxygen atoms in total. The van der Waals surface area contributed by atoms with Crippen LogP contribution in [0.4, 0.5) is 4.39 Å². The first-order valence-corrected chi connectivity index (χ1v) is 8.59. The van der Waals surface area contributed by atoms with E-state index in [1.165, 1.54) is 30.1 Å². The summed E-state index contributed by atoms with van der Waals surface area (Å²) in [6, 6.07) is 5.83. The van der Waals surface area contributed by atoms with Gasteiger partial charge in [-0.15, -0.1) is 10.2 Å². The van der Waals surface area contributed by atoms with E-state index in [2.05, 4.69) is 20.3 Å². The third-order valence-electron chi connectivity index (χ3n) is 4.35. The number of aliphatic carboxylic acids is 1. The number of nitrogens with zero attached hydrogens (tertiary/aromatic N) is 6. The van der Waals surface area contributed by atoms with Crippen LogP contribution in [0.2, 0.25) is 0 Å². The van der Waals surface area contributed by atoms with Crippen LogP contribution in [0.1, 0.15) is 12.1 Å². The van der Waals surface area contributed by atoms with Crippen molar-refractivity contribution in [1.82, 2.24) is 29.4 Å². The predicted octanol–water partition coefficient (Wildman–Crippen LogP) is 1.26. The second kappa shape index (κ2) is 7.36. The molecule has 0 radical (unpaired) electrons. The largest absolute Gasteiger partial charge is 0.481 e. The van der Waals surface area contributed by atoms with Crippen LogP contribution in [0.25, 0.3) is 27.9 Å². The second-order valence-electron chi connectivity index (χ2n) is 6.26. The fraction of sp³-hybridized carbons (Fsp3) is 0.222. The maximum absolute atomic E-state index is 13.3. The van der Waals surface area contributed by atoms with Crippen LogP contribution in [0.15, 0.2) is 35.4 Å². The zero-order valence-electron chi connectivity index (χ0n) is 15.2. The maximum Gasteiger partial charge on any atom is 0.305 e. The number of hydrogen-bond acceptors (Lipinski definition) is 7. The minimum absolute atomic E-state index is 0.0360. The van der Waals surface area contributed by atoms with Crippen molar-refractivity contribution in [3.05, 3.63) is 52.5 Å². The van der Waals surface area contributed by atoms with Gasteiger partial charge in [-0.05, 0) is 17.7 Å². The Balaban J connectivity index is 1.93. The molecule has 0 aliphatic rings. The Hall–Kier alpha value is -3.73. The van der Waals surface area contributed by atoms with Gasteiger partial charge in [0.25, 0.3) is 5.56 Å². The third kappa shape index (κ3) is 3.31. The van der Waals surface area contributed by atoms with Gasteiger partial charge in [0.2, 0.25) is 0 Å². The fourth-order valence-electron chi connectivity index (χ4n) is 3.03. The lowest BCUT2D eigenvalue weighted by molar-refractivity contribution is -0.137. The van der Waals surface area contributed by atoms with Crippen molar-refractivity contribution in [3.63, 3.8) is 0 Å². The van der Waals surface area contributed by atoms with E-state index in [-0.39, 0.29) is 36.6 Å². The number of aryl methyl sites for hydroxylation is 1. The SMILES string of the molecule is COCc1nn2c(nnc3c(=O)n(CCC(=O)O)cnc32)c1-c1ccc(F)cc1. The summed E-state index contributed by atoms with van der Waals surface area (Å²) in [6.07, 6.45) is 1.03. The van der Waals surface area contributed by atoms with Crippen molar-refractivity contribution >= 4 is 22.8 Å². The normalized spacial score (nSPS) is 11.4. The van der Waals surface area contributed by atoms with Gasteiger partial charge in [0, 0.05) is 13.7 Å². The van der Waals surface area contributed by atoms with E-state index in [4.69, 9.17) is 9.84 Å². The van der Waals surface area contributed by atoms with Gasteiger partial charge >= 0.3 is 5.97 Å². The van der Waals surface area contributed by atoms with Crippen LogP contribution in [0.3, 0.4) is 0 Å². The molecule has 0 bridgehead atoms. The molecule has 0 fully saturated rings. The molecule has 0 aliphatic carbocycles. The number of methoxy groups -OCH3 is 1. The first-order chi connectivity index (χ1) is 14.0. The molecule has 148 valence electrons. The monoisotopic (exact) mass is 398 g/mol. The number of fused-ring (bicyclic) bond motifs is 3. The summed E-state index contributed by atoms with van der Waals surface area (Å²) < 4.78 is 21.1. The van der Waals surface area contributed by atoms with E-state index in [1.54, 1.807) is 12.1 Å². The van der Waals surface area contributed by atoms with Crippen LogP contribution in [-0.4, -0.2) is 47.5 Å². The number of hydrogen-bond donors (Lipinski definition) is 1. The highest BCUT2D eigenvalue weighted by molar-refractivity contribution is 5.83. The Kier molecular flexibility index (Phi) is 4.72. The topological polar surface area (TPSA) is 124 Å². The standard InChI is InChI=1S/C18H15FN6O4/c1-29-8-12-14(10-2-4-11(19)5-3-10)16-22-21-15-17(25(16)23-12)20-9-24(18(15)28)7-6-13(26)27/h2-5,9H,6-8H2,1H3,(H,26,27). The van der Waals surface area contributed by atoms with Crippen LogP contribution >= 0.6 is 0 Å². The Morgan fingerprint density at radius 1 is 1.21 bits per heavy atom. The minimum Gasteiger partial charge on any atom is -0.481 e. The number of ether oxygens (including phenoxy) is 1. The van der Waals surface area contributed by atoms with Gasteiger partial charge < -0.3 is 9.84 Å². The highest BCUT2D eigenvalue weighted by Crippen LogP contribution is 2.28. The summed E-state index contributed by atoms with van der Waals surface area (Å²) in [5.41, 5.74) is 1.75. The summed E-state index contributed by atoms with van der Waals surface area (Å²) in [5, 5.41) is 21.4. The highest BCUT2D eigenvalue weighted by Gasteiger charge is 2.20. The predicted molar refractivity (Wildman–Crippen MR) is 98.7 cm³/mol. The lowest BCUT2D eigenvalue weighted by Crippen LogP contribution is -2.24. The molecule has 29 heavy (non-hydrogen) atoms. The molecule has 4 aromatic rings. The summed E-state index contributed by atoms with van der Waals surface area (Å²) >= 11 is 0. The molecule has 4 rings (SSSR count). The Morgan fingerprint density at radius 3 is 2.66 bits per heavy atom. The van der Waals surface area contributed by atoms with Crippen LogP contribution in [0.5, 0.6) is 0 Å². The molecule has 11 heteroatoms. The smallest absolute Gasteiger partial charge is 0.305 e. The van der Waals surface area contributed by atoms with Crippen LogP contribution < -0.4 is 5.56 Å². The number of carboxylic acids is 1. The molecular weight excluding hydrogens is 383 g/mol. The highest BCUT2D eigenvalue weighted by atomic mass is 19.1. The fourth-order valence-corrected chi connectivity index (χ4v) is 3.03. The molecule has 0 unspecified atom stereocenters. The van der Waals surface area contributed by atoms with E-state index in [0.29, 0.717) is 22.5 Å². The molecular formula is C18H15FN6O4. The van der Waals surface area contributed by atoms with Gasteiger partial charge in [0.1, 0.15) is 12.1 Å². The van der Waals surface area contributed by atoms with Gasteiger partial charge in [-0.1, -0.05) is 12.1 Å². The van der Waals surface area contributed by atoms with Gasteiger partial charge in [-0.3, -0.25) is 14.2 Å². The zero-order valence-corrected chi connectivity index (χ0v) is 15.2. The Bertz CT molecular complexity index is 1280. The van der Waals surface area contributed by atoms with Gasteiger partial charge in [0.05, 0.1) is 24.3 Å². The number of halogens is 1. The van der Waals surface area contributed by atoms with Gasteiger partial charge in [-0.2, -0.15) is 9.61 Å². The molecule has 0 saturated carbocycles. The third-order valence-corrected chi connectivity index (χ3v) is 4.35. The summed E-state index contributed by atoms with van der Waals surface area (Å²) in [5.74, 6) is -1.41. The summed E-state index contributed by atoms with van der Waals surface area (Å²) in [7, 11) is 1.52. The Morgan fingerprint density at radius 2 is 1.97 bits per heavy atom. The molecule has 0 spiro atoms. The van der Waals surface area contributed by atoms with E-state index >= 15 is 0 Å². The van der Waals surface area contributed by atoms with E-state index in [0.717, 1.165) is 4.57 Å². The minimum atomic E-state index is -1.03. The van der Waals surface area contributed by atoms with Gasteiger partial charge in [-0.25, -0.2) is 9.37 Å². The first kappa shape index (κ1) is 18.6. The number of carbonyl (C=O) groups is 1. The lowest BCUT2D eigenvalue weighted by Gasteiger charge is -2.05. The molecule has 3 heterocycles. The van der Waals surface area contributed by atoms with E-state index in [1.807, 2.05) is 0 Å². The molecule has 0 saturated heterocycles. The average molecular weight is 398 g/mol. The number of carboxylic acid groups (broad SMARTS) is 1. The summed E-state index contributed by atoms with van der Waals surface area (Å²) in [6.45, 7) is 0.124. The summed E-state index contributed by atoms with van der Waals surface area (Å²) in [4.78, 5) is 27.6. The van der Waals surface area contributed by atoms with Crippen molar-refractivity contribution in [3.8, 4) is 11.1 Å². The van der Waals surface area contributed by atoms with Crippen molar-refractivity contribution in [2.75, 3.05) is 7.11 Å². The van der Waals surface area contributed by atoms with Crippen LogP contribution in [-0.2, 0) is 22.7 Å².